The third-order valence-electron chi connectivity index (χ3n) is 1.98. The van der Waals surface area contributed by atoms with Crippen LogP contribution in [0.2, 0.25) is 0 Å². The molecule has 0 fully saturated rings. The Bertz CT molecular complexity index is 229. The molecule has 1 aliphatic rings. The second kappa shape index (κ2) is 5.43. The summed E-state index contributed by atoms with van der Waals surface area (Å²) in [6.45, 7) is 1.97. The van der Waals surface area contributed by atoms with Gasteiger partial charge in [0.1, 0.15) is 6.04 Å². The van der Waals surface area contributed by atoms with Crippen LogP contribution < -0.4 is 16.4 Å². The Morgan fingerprint density at radius 2 is 2.57 bits per heavy atom. The predicted molar refractivity (Wildman–Crippen MR) is 53.2 cm³/mol. The van der Waals surface area contributed by atoms with Gasteiger partial charge in [-0.25, -0.2) is 4.79 Å². The van der Waals surface area contributed by atoms with Gasteiger partial charge in [0, 0.05) is 6.54 Å². The van der Waals surface area contributed by atoms with Crippen LogP contribution in [-0.4, -0.2) is 42.7 Å². The average Bonchev–Trinajstić information content (AvgIpc) is 2.64. The number of carboxylic acid groups (broad SMARTS) is 1. The van der Waals surface area contributed by atoms with Gasteiger partial charge >= 0.3 is 5.97 Å². The van der Waals surface area contributed by atoms with Crippen LogP contribution in [0.4, 0.5) is 0 Å². The molecule has 0 aromatic carbocycles. The molecule has 0 amide bonds. The molecule has 0 bridgehead atoms. The van der Waals surface area contributed by atoms with Gasteiger partial charge < -0.3 is 21.5 Å². The maximum atomic E-state index is 10.8. The Morgan fingerprint density at radius 3 is 3.07 bits per heavy atom. The van der Waals surface area contributed by atoms with Crippen LogP contribution in [0.15, 0.2) is 4.99 Å². The molecule has 1 heterocycles. The number of nitrogens with two attached hydrogens (primary N) is 1. The number of carboxylic acids is 1. The summed E-state index contributed by atoms with van der Waals surface area (Å²) in [5.74, 6) is -0.288. The number of aliphatic imine (C=N–C) groups is 1. The van der Waals surface area contributed by atoms with Gasteiger partial charge in [0.05, 0.1) is 6.54 Å². The largest absolute Gasteiger partial charge is 0.480 e. The monoisotopic (exact) mass is 200 g/mol. The summed E-state index contributed by atoms with van der Waals surface area (Å²) in [4.78, 5) is 14.9. The first-order valence-electron chi connectivity index (χ1n) is 4.71. The van der Waals surface area contributed by atoms with E-state index in [9.17, 15) is 4.79 Å². The van der Waals surface area contributed by atoms with Gasteiger partial charge in [-0.15, -0.1) is 0 Å². The molecule has 0 saturated carbocycles. The summed E-state index contributed by atoms with van der Waals surface area (Å²) < 4.78 is 0. The highest BCUT2D eigenvalue weighted by Gasteiger charge is 2.18. The highest BCUT2D eigenvalue weighted by molar-refractivity contribution is 5.86. The number of guanidine groups is 1. The summed E-state index contributed by atoms with van der Waals surface area (Å²) in [5, 5.41) is 14.7. The second-order valence-electron chi connectivity index (χ2n) is 3.12. The Hall–Kier alpha value is -1.30. The van der Waals surface area contributed by atoms with E-state index in [0.29, 0.717) is 31.9 Å². The minimum atomic E-state index is -0.866. The Balaban J connectivity index is 2.38. The summed E-state index contributed by atoms with van der Waals surface area (Å²) >= 11 is 0. The molecule has 6 nitrogen and oxygen atoms in total. The molecule has 0 saturated heterocycles. The molecule has 0 aromatic rings. The first-order valence-corrected chi connectivity index (χ1v) is 4.71. The molecular formula is C8H16N4O2. The lowest BCUT2D eigenvalue weighted by Gasteiger charge is -2.14. The van der Waals surface area contributed by atoms with Gasteiger partial charge in [-0.3, -0.25) is 4.99 Å². The van der Waals surface area contributed by atoms with Crippen molar-refractivity contribution in [1.82, 2.24) is 10.6 Å². The van der Waals surface area contributed by atoms with E-state index in [1.54, 1.807) is 0 Å². The molecule has 6 heteroatoms. The molecule has 1 rings (SSSR count). The smallest absolute Gasteiger partial charge is 0.326 e. The number of rotatable bonds is 5. The Morgan fingerprint density at radius 1 is 1.79 bits per heavy atom. The van der Waals surface area contributed by atoms with Crippen LogP contribution in [0.1, 0.15) is 12.8 Å². The van der Waals surface area contributed by atoms with Crippen molar-refractivity contribution in [1.29, 1.82) is 0 Å². The first kappa shape index (κ1) is 10.8. The molecule has 0 radical (unpaired) electrons. The molecular weight excluding hydrogens is 184 g/mol. The normalized spacial score (nSPS) is 17.1. The standard InChI is InChI=1S/C8H16N4O2/c9-3-1-2-6(7(13)14)12-8-10-4-5-11-8/h6H,1-5,9H2,(H,13,14)(H2,10,11,12)/t6-/m1/s1. The van der Waals surface area contributed by atoms with Crippen molar-refractivity contribution in [2.45, 2.75) is 18.9 Å². The van der Waals surface area contributed by atoms with E-state index in [-0.39, 0.29) is 0 Å². The zero-order chi connectivity index (χ0) is 10.4. The molecule has 1 aliphatic heterocycles. The second-order valence-corrected chi connectivity index (χ2v) is 3.12. The fraction of sp³-hybridized carbons (Fsp3) is 0.750. The van der Waals surface area contributed by atoms with Gasteiger partial charge in [0.15, 0.2) is 5.96 Å². The van der Waals surface area contributed by atoms with E-state index in [0.717, 1.165) is 6.54 Å². The highest BCUT2D eigenvalue weighted by Crippen LogP contribution is 1.97. The number of aliphatic carboxylic acids is 1. The lowest BCUT2D eigenvalue weighted by molar-refractivity contribution is -0.139. The van der Waals surface area contributed by atoms with Crippen LogP contribution in [0, 0.1) is 0 Å². The van der Waals surface area contributed by atoms with E-state index in [1.165, 1.54) is 0 Å². The molecule has 1 atom stereocenters. The number of nitrogens with zero attached hydrogens (tertiary/aromatic N) is 1. The predicted octanol–water partition coefficient (Wildman–Crippen LogP) is -1.27. The summed E-state index contributed by atoms with van der Waals surface area (Å²) in [6.07, 6.45) is 1.21. The maximum absolute atomic E-state index is 10.8. The van der Waals surface area contributed by atoms with Crippen molar-refractivity contribution in [3.8, 4) is 0 Å². The van der Waals surface area contributed by atoms with Crippen LogP contribution >= 0.6 is 0 Å². The van der Waals surface area contributed by atoms with Crippen LogP contribution in [0.3, 0.4) is 0 Å². The van der Waals surface area contributed by atoms with Gasteiger partial charge in [0.25, 0.3) is 0 Å². The van der Waals surface area contributed by atoms with E-state index < -0.39 is 12.0 Å². The first-order chi connectivity index (χ1) is 6.74. The van der Waals surface area contributed by atoms with Crippen molar-refractivity contribution in [2.75, 3.05) is 19.6 Å². The van der Waals surface area contributed by atoms with Crippen LogP contribution in [0.5, 0.6) is 0 Å². The molecule has 0 unspecified atom stereocenters. The Kier molecular flexibility index (Phi) is 4.18. The zero-order valence-corrected chi connectivity index (χ0v) is 7.99. The van der Waals surface area contributed by atoms with Crippen LogP contribution in [-0.2, 0) is 4.79 Å². The van der Waals surface area contributed by atoms with Gasteiger partial charge in [-0.2, -0.15) is 0 Å². The highest BCUT2D eigenvalue weighted by atomic mass is 16.4. The molecule has 5 N–H and O–H groups in total. The lowest BCUT2D eigenvalue weighted by Crippen LogP contribution is -2.45. The minimum Gasteiger partial charge on any atom is -0.480 e. The van der Waals surface area contributed by atoms with Crippen molar-refractivity contribution in [3.63, 3.8) is 0 Å². The third-order valence-corrected chi connectivity index (χ3v) is 1.98. The van der Waals surface area contributed by atoms with Crippen molar-refractivity contribution in [2.24, 2.45) is 10.7 Å². The Labute approximate surface area is 82.6 Å². The fourth-order valence-corrected chi connectivity index (χ4v) is 1.24. The van der Waals surface area contributed by atoms with Gasteiger partial charge in [-0.05, 0) is 19.4 Å². The van der Waals surface area contributed by atoms with Gasteiger partial charge in [-0.1, -0.05) is 0 Å². The number of nitrogens with one attached hydrogen (secondary N) is 2. The van der Waals surface area contributed by atoms with E-state index in [1.807, 2.05) is 0 Å². The van der Waals surface area contributed by atoms with Crippen molar-refractivity contribution >= 4 is 11.9 Å². The molecule has 0 aliphatic carbocycles. The van der Waals surface area contributed by atoms with Crippen molar-refractivity contribution < 1.29 is 9.90 Å². The zero-order valence-electron chi connectivity index (χ0n) is 7.99. The van der Waals surface area contributed by atoms with Crippen molar-refractivity contribution in [3.05, 3.63) is 0 Å². The van der Waals surface area contributed by atoms with E-state index >= 15 is 0 Å². The molecule has 14 heavy (non-hydrogen) atoms. The lowest BCUT2D eigenvalue weighted by atomic mass is 10.1. The van der Waals surface area contributed by atoms with Gasteiger partial charge in [0.2, 0.25) is 0 Å². The number of hydrogen-bond donors (Lipinski definition) is 4. The molecule has 0 aromatic heterocycles. The maximum Gasteiger partial charge on any atom is 0.326 e. The molecule has 0 spiro atoms. The quantitative estimate of drug-likeness (QED) is 0.443. The van der Waals surface area contributed by atoms with Crippen LogP contribution in [0.25, 0.3) is 0 Å². The fourth-order valence-electron chi connectivity index (χ4n) is 1.24. The minimum absolute atomic E-state index is 0.505. The van der Waals surface area contributed by atoms with E-state index in [4.69, 9.17) is 10.8 Å². The summed E-state index contributed by atoms with van der Waals surface area (Å²) in [6, 6.07) is -0.595. The SMILES string of the molecule is NCCC[C@@H](NC1=NCCN1)C(=O)O. The summed E-state index contributed by atoms with van der Waals surface area (Å²) in [5.41, 5.74) is 5.32. The number of carbonyl (C=O) groups is 1. The summed E-state index contributed by atoms with van der Waals surface area (Å²) in [7, 11) is 0. The number of hydrogen-bond acceptors (Lipinski definition) is 5. The van der Waals surface area contributed by atoms with E-state index in [2.05, 4.69) is 15.6 Å². The molecule has 80 valence electrons. The third kappa shape index (κ3) is 3.21. The average molecular weight is 200 g/mol. The topological polar surface area (TPSA) is 99.7 Å².